The van der Waals surface area contributed by atoms with Gasteiger partial charge in [-0.05, 0) is 61.2 Å². The minimum absolute atomic E-state index is 0.0196. The Morgan fingerprint density at radius 2 is 1.48 bits per heavy atom. The Bertz CT molecular complexity index is 820. The van der Waals surface area contributed by atoms with Crippen LogP contribution in [0, 0.1) is 0 Å². The van der Waals surface area contributed by atoms with Gasteiger partial charge >= 0.3 is 0 Å². The third-order valence-electron chi connectivity index (χ3n) is 5.73. The van der Waals surface area contributed by atoms with Crippen LogP contribution in [0.4, 0.5) is 0 Å². The van der Waals surface area contributed by atoms with Crippen molar-refractivity contribution >= 4 is 5.91 Å². The standard InChI is InChI=1S/C25H34N2O4/c1-29-22-15-21(16-23(30-2)25(22)31-3)11-12-24(28)26-17-19-7-9-20(10-8-19)18-27-13-5-4-6-14-27/h7-10,15-16H,4-6,11-14,17-18H2,1-3H3,(H,26,28). The molecule has 31 heavy (non-hydrogen) atoms. The number of hydrogen-bond donors (Lipinski definition) is 1. The van der Waals surface area contributed by atoms with E-state index in [1.54, 1.807) is 21.3 Å². The summed E-state index contributed by atoms with van der Waals surface area (Å²) in [5, 5.41) is 3.01. The average molecular weight is 427 g/mol. The number of ether oxygens (including phenoxy) is 3. The van der Waals surface area contributed by atoms with Crippen LogP contribution < -0.4 is 19.5 Å². The maximum Gasteiger partial charge on any atom is 0.220 e. The van der Waals surface area contributed by atoms with Crippen molar-refractivity contribution in [2.75, 3.05) is 34.4 Å². The van der Waals surface area contributed by atoms with Crippen molar-refractivity contribution in [2.24, 2.45) is 0 Å². The van der Waals surface area contributed by atoms with E-state index < -0.39 is 0 Å². The quantitative estimate of drug-likeness (QED) is 0.623. The monoisotopic (exact) mass is 426 g/mol. The van der Waals surface area contributed by atoms with E-state index in [1.807, 2.05) is 12.1 Å². The summed E-state index contributed by atoms with van der Waals surface area (Å²) in [5.41, 5.74) is 3.41. The largest absolute Gasteiger partial charge is 0.493 e. The van der Waals surface area contributed by atoms with Gasteiger partial charge in [0.2, 0.25) is 11.7 Å². The summed E-state index contributed by atoms with van der Waals surface area (Å²) in [7, 11) is 4.75. The number of rotatable bonds is 10. The molecule has 2 aromatic rings. The molecule has 0 atom stereocenters. The van der Waals surface area contributed by atoms with Crippen LogP contribution in [0.5, 0.6) is 17.2 Å². The first kappa shape index (κ1) is 22.9. The van der Waals surface area contributed by atoms with Gasteiger partial charge in [0.1, 0.15) is 0 Å². The smallest absolute Gasteiger partial charge is 0.220 e. The lowest BCUT2D eigenvalue weighted by atomic mass is 10.1. The van der Waals surface area contributed by atoms with E-state index in [4.69, 9.17) is 14.2 Å². The topological polar surface area (TPSA) is 60.0 Å². The molecule has 0 bridgehead atoms. The van der Waals surface area contributed by atoms with E-state index >= 15 is 0 Å². The van der Waals surface area contributed by atoms with E-state index in [1.165, 1.54) is 37.9 Å². The van der Waals surface area contributed by atoms with Crippen LogP contribution in [0.15, 0.2) is 36.4 Å². The van der Waals surface area contributed by atoms with Crippen LogP contribution in [0.1, 0.15) is 42.4 Å². The Balaban J connectivity index is 1.47. The molecule has 0 unspecified atom stereocenters. The van der Waals surface area contributed by atoms with Crippen molar-refractivity contribution in [1.82, 2.24) is 10.2 Å². The number of methoxy groups -OCH3 is 3. The molecule has 0 radical (unpaired) electrons. The van der Waals surface area contributed by atoms with E-state index in [-0.39, 0.29) is 5.91 Å². The summed E-state index contributed by atoms with van der Waals surface area (Å²) >= 11 is 0. The molecule has 1 heterocycles. The first-order chi connectivity index (χ1) is 15.1. The predicted molar refractivity (Wildman–Crippen MR) is 122 cm³/mol. The number of piperidine rings is 1. The Morgan fingerprint density at radius 1 is 0.871 bits per heavy atom. The summed E-state index contributed by atoms with van der Waals surface area (Å²) < 4.78 is 16.1. The molecule has 1 N–H and O–H groups in total. The molecule has 0 aliphatic carbocycles. The molecular formula is C25H34N2O4. The number of carbonyl (C=O) groups is 1. The Labute approximate surface area is 185 Å². The highest BCUT2D eigenvalue weighted by Crippen LogP contribution is 2.38. The number of amides is 1. The molecule has 1 aliphatic heterocycles. The summed E-state index contributed by atoms with van der Waals surface area (Å²) in [6, 6.07) is 12.3. The highest BCUT2D eigenvalue weighted by atomic mass is 16.5. The lowest BCUT2D eigenvalue weighted by Gasteiger charge is -2.26. The zero-order chi connectivity index (χ0) is 22.1. The first-order valence-electron chi connectivity index (χ1n) is 11.0. The number of nitrogens with one attached hydrogen (secondary N) is 1. The number of benzene rings is 2. The summed E-state index contributed by atoms with van der Waals surface area (Å²) in [4.78, 5) is 14.9. The summed E-state index contributed by atoms with van der Waals surface area (Å²) in [6.07, 6.45) is 4.96. The Kier molecular flexibility index (Phi) is 8.59. The number of nitrogens with zero attached hydrogens (tertiary/aromatic N) is 1. The van der Waals surface area contributed by atoms with Gasteiger partial charge in [0.15, 0.2) is 11.5 Å². The molecule has 1 fully saturated rings. The predicted octanol–water partition coefficient (Wildman–Crippen LogP) is 3.95. The number of hydrogen-bond acceptors (Lipinski definition) is 5. The van der Waals surface area contributed by atoms with Gasteiger partial charge in [-0.15, -0.1) is 0 Å². The van der Waals surface area contributed by atoms with Crippen LogP contribution >= 0.6 is 0 Å². The minimum atomic E-state index is 0.0196. The van der Waals surface area contributed by atoms with Gasteiger partial charge < -0.3 is 19.5 Å². The molecule has 1 saturated heterocycles. The third kappa shape index (κ3) is 6.62. The maximum absolute atomic E-state index is 12.3. The number of likely N-dealkylation sites (tertiary alicyclic amines) is 1. The van der Waals surface area contributed by atoms with E-state index in [0.717, 1.165) is 17.7 Å². The first-order valence-corrected chi connectivity index (χ1v) is 11.0. The second kappa shape index (κ2) is 11.6. The lowest BCUT2D eigenvalue weighted by Crippen LogP contribution is -2.29. The van der Waals surface area contributed by atoms with Crippen molar-refractivity contribution in [3.8, 4) is 17.2 Å². The van der Waals surface area contributed by atoms with Crippen LogP contribution in [0.25, 0.3) is 0 Å². The SMILES string of the molecule is COc1cc(CCC(=O)NCc2ccc(CN3CCCCC3)cc2)cc(OC)c1OC. The van der Waals surface area contributed by atoms with Gasteiger partial charge in [-0.1, -0.05) is 30.7 Å². The van der Waals surface area contributed by atoms with Gasteiger partial charge in [0.05, 0.1) is 21.3 Å². The Hall–Kier alpha value is -2.73. The van der Waals surface area contributed by atoms with E-state index in [0.29, 0.717) is 36.6 Å². The van der Waals surface area contributed by atoms with Crippen LogP contribution in [0.3, 0.4) is 0 Å². The minimum Gasteiger partial charge on any atom is -0.493 e. The molecule has 1 aliphatic rings. The van der Waals surface area contributed by atoms with Crippen molar-refractivity contribution in [3.63, 3.8) is 0 Å². The van der Waals surface area contributed by atoms with Gasteiger partial charge in [-0.25, -0.2) is 0 Å². The lowest BCUT2D eigenvalue weighted by molar-refractivity contribution is -0.121. The molecule has 168 valence electrons. The molecule has 0 aromatic heterocycles. The molecule has 0 saturated carbocycles. The molecule has 0 spiro atoms. The molecule has 2 aromatic carbocycles. The van der Waals surface area contributed by atoms with Gasteiger partial charge in [0.25, 0.3) is 0 Å². The van der Waals surface area contributed by atoms with Crippen LogP contribution in [-0.4, -0.2) is 45.2 Å². The second-order valence-electron chi connectivity index (χ2n) is 7.96. The normalized spacial score (nSPS) is 14.2. The van der Waals surface area contributed by atoms with Crippen molar-refractivity contribution in [2.45, 2.75) is 45.2 Å². The zero-order valence-electron chi connectivity index (χ0n) is 18.9. The van der Waals surface area contributed by atoms with Crippen molar-refractivity contribution in [3.05, 3.63) is 53.1 Å². The zero-order valence-corrected chi connectivity index (χ0v) is 18.9. The highest BCUT2D eigenvalue weighted by Gasteiger charge is 2.14. The number of carbonyl (C=O) groups excluding carboxylic acids is 1. The van der Waals surface area contributed by atoms with E-state index in [9.17, 15) is 4.79 Å². The van der Waals surface area contributed by atoms with E-state index in [2.05, 4.69) is 34.5 Å². The fourth-order valence-corrected chi connectivity index (χ4v) is 3.96. The second-order valence-corrected chi connectivity index (χ2v) is 7.96. The molecule has 1 amide bonds. The van der Waals surface area contributed by atoms with Crippen molar-refractivity contribution in [1.29, 1.82) is 0 Å². The fourth-order valence-electron chi connectivity index (χ4n) is 3.96. The van der Waals surface area contributed by atoms with Crippen molar-refractivity contribution < 1.29 is 19.0 Å². The molecule has 6 nitrogen and oxygen atoms in total. The molecular weight excluding hydrogens is 392 g/mol. The average Bonchev–Trinajstić information content (AvgIpc) is 2.82. The van der Waals surface area contributed by atoms with Gasteiger partial charge in [-0.2, -0.15) is 0 Å². The van der Waals surface area contributed by atoms with Gasteiger partial charge in [0, 0.05) is 19.5 Å². The summed E-state index contributed by atoms with van der Waals surface area (Å²) in [6.45, 7) is 3.95. The molecule has 3 rings (SSSR count). The number of aryl methyl sites for hydroxylation is 1. The maximum atomic E-state index is 12.3. The third-order valence-corrected chi connectivity index (χ3v) is 5.73. The van der Waals surface area contributed by atoms with Crippen LogP contribution in [0.2, 0.25) is 0 Å². The summed E-state index contributed by atoms with van der Waals surface area (Å²) in [5.74, 6) is 1.77. The molecule has 6 heteroatoms. The Morgan fingerprint density at radius 3 is 2.06 bits per heavy atom. The van der Waals surface area contributed by atoms with Gasteiger partial charge in [-0.3, -0.25) is 9.69 Å². The van der Waals surface area contributed by atoms with Crippen LogP contribution in [-0.2, 0) is 24.3 Å². The highest BCUT2D eigenvalue weighted by molar-refractivity contribution is 5.76. The fraction of sp³-hybridized carbons (Fsp3) is 0.480.